The second-order valence-electron chi connectivity index (χ2n) is 7.41. The minimum Gasteiger partial charge on any atom is -0.305 e. The van der Waals surface area contributed by atoms with Gasteiger partial charge in [-0.3, -0.25) is 4.98 Å². The third kappa shape index (κ3) is 1.57. The smallest absolute Gasteiger partial charge is 0.147 e. The molecule has 0 saturated heterocycles. The molecule has 4 aromatic carbocycles. The highest BCUT2D eigenvalue weighted by atomic mass is 19.1. The second kappa shape index (κ2) is 4.76. The number of pyridine rings is 2. The summed E-state index contributed by atoms with van der Waals surface area (Å²) >= 11 is 0. The van der Waals surface area contributed by atoms with Crippen molar-refractivity contribution in [2.45, 2.75) is 0 Å². The Morgan fingerprint density at radius 2 is 1.50 bits per heavy atom. The number of benzene rings is 4. The molecule has 0 bridgehead atoms. The molecular weight excluding hydrogens is 347 g/mol. The molecule has 7 rings (SSSR count). The summed E-state index contributed by atoms with van der Waals surface area (Å²) in [6.45, 7) is 0. The third-order valence-corrected chi connectivity index (χ3v) is 5.99. The standard InChI is InChI=1S/C25H13FN2/c26-20-7-3-6-17-18-9-8-14-10-11-27-23-19-12-15-4-1-2-5-16(15)13-21(19)28(24(17)20)25(18)22(14)23/h1-13H. The van der Waals surface area contributed by atoms with Gasteiger partial charge in [-0.15, -0.1) is 0 Å². The van der Waals surface area contributed by atoms with Crippen LogP contribution in [0.25, 0.3) is 59.8 Å². The van der Waals surface area contributed by atoms with E-state index in [2.05, 4.69) is 40.8 Å². The first kappa shape index (κ1) is 14.4. The van der Waals surface area contributed by atoms with Gasteiger partial charge in [0, 0.05) is 27.7 Å². The lowest BCUT2D eigenvalue weighted by Gasteiger charge is -2.13. The first-order valence-corrected chi connectivity index (χ1v) is 9.35. The maximum absolute atomic E-state index is 15.1. The molecule has 0 aliphatic carbocycles. The van der Waals surface area contributed by atoms with Crippen LogP contribution in [0.3, 0.4) is 0 Å². The van der Waals surface area contributed by atoms with Crippen LogP contribution in [0.15, 0.2) is 79.0 Å². The fraction of sp³-hybridized carbons (Fsp3) is 0. The highest BCUT2D eigenvalue weighted by Crippen LogP contribution is 2.41. The molecule has 130 valence electrons. The lowest BCUT2D eigenvalue weighted by Crippen LogP contribution is -1.95. The average Bonchev–Trinajstić information content (AvgIpc) is 3.08. The molecule has 0 amide bonds. The van der Waals surface area contributed by atoms with E-state index in [1.807, 2.05) is 30.5 Å². The highest BCUT2D eigenvalue weighted by Gasteiger charge is 2.20. The first-order chi connectivity index (χ1) is 13.8. The minimum absolute atomic E-state index is 0.201. The maximum atomic E-state index is 15.1. The lowest BCUT2D eigenvalue weighted by molar-refractivity contribution is 0.636. The molecule has 0 N–H and O–H groups in total. The maximum Gasteiger partial charge on any atom is 0.147 e. The van der Waals surface area contributed by atoms with Crippen LogP contribution in [-0.4, -0.2) is 9.38 Å². The third-order valence-electron chi connectivity index (χ3n) is 5.99. The molecule has 0 aliphatic heterocycles. The molecule has 0 radical (unpaired) electrons. The van der Waals surface area contributed by atoms with Gasteiger partial charge in [0.15, 0.2) is 0 Å². The fourth-order valence-electron chi connectivity index (χ4n) is 4.82. The summed E-state index contributed by atoms with van der Waals surface area (Å²) in [4.78, 5) is 4.75. The SMILES string of the molecule is Fc1cccc2c3ccc4ccnc5c6cc7ccccc7cc6n(c12)c3c45. The summed E-state index contributed by atoms with van der Waals surface area (Å²) in [5.74, 6) is -0.201. The van der Waals surface area contributed by atoms with E-state index in [0.717, 1.165) is 54.3 Å². The van der Waals surface area contributed by atoms with E-state index in [-0.39, 0.29) is 5.82 Å². The minimum atomic E-state index is -0.201. The Hall–Kier alpha value is -3.72. The van der Waals surface area contributed by atoms with Crippen LogP contribution in [0.4, 0.5) is 4.39 Å². The van der Waals surface area contributed by atoms with E-state index in [4.69, 9.17) is 4.98 Å². The molecule has 0 spiro atoms. The van der Waals surface area contributed by atoms with Crippen LogP contribution in [0, 0.1) is 5.82 Å². The largest absolute Gasteiger partial charge is 0.305 e. The van der Waals surface area contributed by atoms with E-state index in [1.54, 1.807) is 12.1 Å². The van der Waals surface area contributed by atoms with Gasteiger partial charge in [-0.2, -0.15) is 0 Å². The number of halogens is 1. The normalized spacial score (nSPS) is 12.5. The molecular formula is C25H13FN2. The molecule has 0 fully saturated rings. The fourth-order valence-corrected chi connectivity index (χ4v) is 4.82. The molecule has 3 heterocycles. The number of hydrogen-bond acceptors (Lipinski definition) is 1. The van der Waals surface area contributed by atoms with E-state index in [9.17, 15) is 0 Å². The summed E-state index contributed by atoms with van der Waals surface area (Å²) in [5.41, 5.74) is 3.64. The van der Waals surface area contributed by atoms with Crippen molar-refractivity contribution in [1.82, 2.24) is 9.38 Å². The van der Waals surface area contributed by atoms with Crippen molar-refractivity contribution >= 4 is 59.8 Å². The Morgan fingerprint density at radius 1 is 0.679 bits per heavy atom. The van der Waals surface area contributed by atoms with Crippen LogP contribution in [-0.2, 0) is 0 Å². The van der Waals surface area contributed by atoms with Gasteiger partial charge in [0.25, 0.3) is 0 Å². The summed E-state index contributed by atoms with van der Waals surface area (Å²) < 4.78 is 17.2. The molecule has 0 saturated carbocycles. The molecule has 3 heteroatoms. The van der Waals surface area contributed by atoms with Crippen molar-refractivity contribution < 1.29 is 4.39 Å². The zero-order chi connectivity index (χ0) is 18.4. The summed E-state index contributed by atoms with van der Waals surface area (Å²) in [7, 11) is 0. The van der Waals surface area contributed by atoms with Crippen molar-refractivity contribution in [2.24, 2.45) is 0 Å². The van der Waals surface area contributed by atoms with Crippen LogP contribution in [0.1, 0.15) is 0 Å². The summed E-state index contributed by atoms with van der Waals surface area (Å²) in [5, 5.41) is 7.57. The Bertz CT molecular complexity index is 1730. The lowest BCUT2D eigenvalue weighted by atomic mass is 10.0. The van der Waals surface area contributed by atoms with Crippen molar-refractivity contribution in [2.75, 3.05) is 0 Å². The predicted molar refractivity (Wildman–Crippen MR) is 114 cm³/mol. The number of rotatable bonds is 0. The van der Waals surface area contributed by atoms with Gasteiger partial charge >= 0.3 is 0 Å². The van der Waals surface area contributed by atoms with Gasteiger partial charge < -0.3 is 4.40 Å². The molecule has 0 atom stereocenters. The van der Waals surface area contributed by atoms with Crippen molar-refractivity contribution in [1.29, 1.82) is 0 Å². The van der Waals surface area contributed by atoms with Crippen molar-refractivity contribution in [3.63, 3.8) is 0 Å². The summed E-state index contributed by atoms with van der Waals surface area (Å²) in [6, 6.07) is 24.2. The zero-order valence-electron chi connectivity index (χ0n) is 14.8. The Kier molecular flexibility index (Phi) is 2.44. The van der Waals surface area contributed by atoms with E-state index >= 15 is 4.39 Å². The molecule has 2 nitrogen and oxygen atoms in total. The number of nitrogens with zero attached hydrogens (tertiary/aromatic N) is 2. The topological polar surface area (TPSA) is 17.3 Å². The van der Waals surface area contributed by atoms with Gasteiger partial charge in [0.2, 0.25) is 0 Å². The first-order valence-electron chi connectivity index (χ1n) is 9.35. The molecule has 3 aromatic heterocycles. The Morgan fingerprint density at radius 3 is 2.39 bits per heavy atom. The van der Waals surface area contributed by atoms with Gasteiger partial charge in [-0.1, -0.05) is 48.5 Å². The monoisotopic (exact) mass is 360 g/mol. The summed E-state index contributed by atoms with van der Waals surface area (Å²) in [6.07, 6.45) is 1.86. The second-order valence-corrected chi connectivity index (χ2v) is 7.41. The van der Waals surface area contributed by atoms with Gasteiger partial charge in [-0.25, -0.2) is 4.39 Å². The van der Waals surface area contributed by atoms with E-state index in [1.165, 1.54) is 0 Å². The number of para-hydroxylation sites is 1. The zero-order valence-corrected chi connectivity index (χ0v) is 14.8. The molecule has 7 aromatic rings. The predicted octanol–water partition coefficient (Wildman–Crippen LogP) is 6.68. The Labute approximate surface area is 158 Å². The van der Waals surface area contributed by atoms with Crippen LogP contribution in [0.2, 0.25) is 0 Å². The van der Waals surface area contributed by atoms with E-state index < -0.39 is 0 Å². The van der Waals surface area contributed by atoms with Crippen molar-refractivity contribution in [3.05, 3.63) is 84.8 Å². The van der Waals surface area contributed by atoms with E-state index in [0.29, 0.717) is 5.52 Å². The van der Waals surface area contributed by atoms with Gasteiger partial charge in [-0.05, 0) is 40.4 Å². The highest BCUT2D eigenvalue weighted by molar-refractivity contribution is 6.28. The van der Waals surface area contributed by atoms with Gasteiger partial charge in [0.05, 0.1) is 22.1 Å². The quantitative estimate of drug-likeness (QED) is 0.218. The molecule has 0 aliphatic rings. The van der Waals surface area contributed by atoms with Crippen molar-refractivity contribution in [3.8, 4) is 0 Å². The average molecular weight is 360 g/mol. The van der Waals surface area contributed by atoms with Gasteiger partial charge in [0.1, 0.15) is 5.82 Å². The molecule has 28 heavy (non-hydrogen) atoms. The van der Waals surface area contributed by atoms with Crippen LogP contribution in [0.5, 0.6) is 0 Å². The molecule has 0 unspecified atom stereocenters. The number of hydrogen-bond donors (Lipinski definition) is 0. The Balaban J connectivity index is 1.96. The number of fused-ring (bicyclic) bond motifs is 7. The van der Waals surface area contributed by atoms with Crippen LogP contribution >= 0.6 is 0 Å². The van der Waals surface area contributed by atoms with Crippen LogP contribution < -0.4 is 0 Å². The number of aromatic nitrogens is 2.